The van der Waals surface area contributed by atoms with Crippen LogP contribution in [0.25, 0.3) is 6.08 Å². The number of hydrogen-bond donors (Lipinski definition) is 0. The lowest BCUT2D eigenvalue weighted by atomic mass is 10.1. The summed E-state index contributed by atoms with van der Waals surface area (Å²) in [4.78, 5) is 38.5. The number of esters is 1. The van der Waals surface area contributed by atoms with Gasteiger partial charge in [-0.2, -0.15) is 10.0 Å². The van der Waals surface area contributed by atoms with Gasteiger partial charge in [-0.05, 0) is 53.2 Å². The van der Waals surface area contributed by atoms with Crippen molar-refractivity contribution >= 4 is 24.2 Å². The predicted octanol–water partition coefficient (Wildman–Crippen LogP) is 4.36. The zero-order valence-corrected chi connectivity index (χ0v) is 18.6. The summed E-state index contributed by atoms with van der Waals surface area (Å²) in [5.74, 6) is -0.661. The van der Waals surface area contributed by atoms with Crippen molar-refractivity contribution in [1.29, 1.82) is 0 Å². The van der Waals surface area contributed by atoms with Crippen LogP contribution in [0.4, 0.5) is 9.59 Å². The molecule has 0 aliphatic carbocycles. The fourth-order valence-corrected chi connectivity index (χ4v) is 2.86. The van der Waals surface area contributed by atoms with Crippen molar-refractivity contribution in [3.63, 3.8) is 0 Å². The molecule has 30 heavy (non-hydrogen) atoms. The molecule has 164 valence electrons. The van der Waals surface area contributed by atoms with Crippen LogP contribution in [0.1, 0.15) is 53.5 Å². The monoisotopic (exact) mass is 418 g/mol. The average Bonchev–Trinajstić information content (AvgIpc) is 2.98. The zero-order valence-electron chi connectivity index (χ0n) is 18.6. The molecule has 8 heteroatoms. The first-order valence-corrected chi connectivity index (χ1v) is 9.71. The summed E-state index contributed by atoms with van der Waals surface area (Å²) in [5.41, 5.74) is -0.423. The third-order valence-corrected chi connectivity index (χ3v) is 3.94. The first kappa shape index (κ1) is 23.3. The second kappa shape index (κ2) is 8.77. The Kier molecular flexibility index (Phi) is 6.80. The number of benzene rings is 1. The van der Waals surface area contributed by atoms with Crippen LogP contribution in [0, 0.1) is 0 Å². The molecule has 0 radical (unpaired) electrons. The first-order valence-electron chi connectivity index (χ1n) is 9.71. The second-order valence-corrected chi connectivity index (χ2v) is 8.91. The van der Waals surface area contributed by atoms with Crippen molar-refractivity contribution in [2.75, 3.05) is 7.11 Å². The second-order valence-electron chi connectivity index (χ2n) is 8.91. The highest BCUT2D eigenvalue weighted by molar-refractivity contribution is 5.87. The highest BCUT2D eigenvalue weighted by atomic mass is 16.6. The van der Waals surface area contributed by atoms with Crippen LogP contribution in [0.2, 0.25) is 0 Å². The molecule has 1 heterocycles. The molecule has 0 spiro atoms. The van der Waals surface area contributed by atoms with Crippen LogP contribution in [0.15, 0.2) is 36.0 Å². The first-order chi connectivity index (χ1) is 13.8. The van der Waals surface area contributed by atoms with Gasteiger partial charge in [-0.3, -0.25) is 0 Å². The lowest BCUT2D eigenvalue weighted by molar-refractivity contribution is -0.149. The van der Waals surface area contributed by atoms with Gasteiger partial charge in [0.25, 0.3) is 0 Å². The van der Waals surface area contributed by atoms with E-state index in [-0.39, 0.29) is 6.42 Å². The highest BCUT2D eigenvalue weighted by Gasteiger charge is 2.49. The Bertz CT molecular complexity index is 820. The van der Waals surface area contributed by atoms with Gasteiger partial charge in [0.15, 0.2) is 6.04 Å². The molecule has 2 rings (SSSR count). The minimum Gasteiger partial charge on any atom is -0.467 e. The lowest BCUT2D eigenvalue weighted by Gasteiger charge is -2.33. The van der Waals surface area contributed by atoms with Gasteiger partial charge in [0.2, 0.25) is 0 Å². The van der Waals surface area contributed by atoms with Gasteiger partial charge in [0.1, 0.15) is 11.2 Å². The van der Waals surface area contributed by atoms with Gasteiger partial charge >= 0.3 is 18.2 Å². The maximum absolute atomic E-state index is 13.1. The van der Waals surface area contributed by atoms with Crippen LogP contribution < -0.4 is 0 Å². The van der Waals surface area contributed by atoms with Gasteiger partial charge in [-0.25, -0.2) is 14.4 Å². The molecule has 1 atom stereocenters. The Labute approximate surface area is 177 Å². The summed E-state index contributed by atoms with van der Waals surface area (Å²) in [6.07, 6.45) is 0.159. The summed E-state index contributed by atoms with van der Waals surface area (Å²) in [5, 5.41) is 2.04. The third-order valence-electron chi connectivity index (χ3n) is 3.94. The molecule has 1 aliphatic heterocycles. The van der Waals surface area contributed by atoms with Gasteiger partial charge in [-0.1, -0.05) is 30.3 Å². The van der Waals surface area contributed by atoms with Crippen molar-refractivity contribution in [1.82, 2.24) is 10.0 Å². The fourth-order valence-electron chi connectivity index (χ4n) is 2.86. The van der Waals surface area contributed by atoms with Crippen molar-refractivity contribution in [3.05, 3.63) is 41.6 Å². The number of methoxy groups -OCH3 is 1. The van der Waals surface area contributed by atoms with E-state index in [9.17, 15) is 14.4 Å². The maximum atomic E-state index is 13.1. The molecule has 0 aromatic heterocycles. The molecule has 0 saturated carbocycles. The summed E-state index contributed by atoms with van der Waals surface area (Å²) in [6.45, 7) is 10.3. The van der Waals surface area contributed by atoms with Crippen molar-refractivity contribution < 1.29 is 28.6 Å². The van der Waals surface area contributed by atoms with E-state index in [2.05, 4.69) is 0 Å². The van der Waals surface area contributed by atoms with Crippen molar-refractivity contribution in [2.24, 2.45) is 0 Å². The number of carbonyl (C=O) groups is 3. The lowest BCUT2D eigenvalue weighted by Crippen LogP contribution is -2.53. The molecule has 0 bridgehead atoms. The van der Waals surface area contributed by atoms with E-state index in [1.54, 1.807) is 47.6 Å². The Morgan fingerprint density at radius 1 is 0.933 bits per heavy atom. The number of carbonyl (C=O) groups excluding carboxylic acids is 3. The number of nitrogens with zero attached hydrogens (tertiary/aromatic N) is 2. The summed E-state index contributed by atoms with van der Waals surface area (Å²) in [6, 6.07) is 8.21. The Morgan fingerprint density at radius 3 is 1.97 bits per heavy atom. The number of hydrazine groups is 1. The predicted molar refractivity (Wildman–Crippen MR) is 111 cm³/mol. The molecule has 0 N–H and O–H groups in total. The topological polar surface area (TPSA) is 85.4 Å². The average molecular weight is 418 g/mol. The molecule has 1 saturated heterocycles. The van der Waals surface area contributed by atoms with E-state index in [4.69, 9.17) is 14.2 Å². The van der Waals surface area contributed by atoms with Crippen molar-refractivity contribution in [3.8, 4) is 0 Å². The quantitative estimate of drug-likeness (QED) is 0.524. The molecular weight excluding hydrogens is 388 g/mol. The van der Waals surface area contributed by atoms with E-state index < -0.39 is 35.4 Å². The SMILES string of the molecule is COC(=O)[C@H]1C/C(=C\c2ccccc2)N(C(=O)OC(C)(C)C)N1C(=O)OC(C)(C)C. The number of ether oxygens (including phenoxy) is 3. The molecule has 1 aromatic rings. The zero-order chi connectivity index (χ0) is 22.7. The molecule has 1 aromatic carbocycles. The van der Waals surface area contributed by atoms with Crippen LogP contribution in [-0.4, -0.2) is 52.5 Å². The number of amides is 2. The molecule has 1 aliphatic rings. The van der Waals surface area contributed by atoms with Crippen molar-refractivity contribution in [2.45, 2.75) is 65.2 Å². The number of rotatable bonds is 2. The van der Waals surface area contributed by atoms with Gasteiger partial charge in [0.05, 0.1) is 12.8 Å². The van der Waals surface area contributed by atoms with Gasteiger partial charge < -0.3 is 14.2 Å². The van der Waals surface area contributed by atoms with E-state index in [1.165, 1.54) is 7.11 Å². The summed E-state index contributed by atoms with van der Waals surface area (Å²) in [7, 11) is 1.23. The standard InChI is InChI=1S/C22H30N2O6/c1-21(2,3)29-19(26)23-16(13-15-11-9-8-10-12-15)14-17(18(25)28-7)24(23)20(27)30-22(4,5)6/h8-13,17H,14H2,1-7H3/b16-13+/t17-/m1/s1. The van der Waals surface area contributed by atoms with Crippen LogP contribution >= 0.6 is 0 Å². The van der Waals surface area contributed by atoms with Gasteiger partial charge in [0, 0.05) is 6.42 Å². The van der Waals surface area contributed by atoms with E-state index in [0.717, 1.165) is 15.6 Å². The Hall–Kier alpha value is -3.03. The van der Waals surface area contributed by atoms with Crippen LogP contribution in [0.5, 0.6) is 0 Å². The molecular formula is C22H30N2O6. The van der Waals surface area contributed by atoms with Crippen LogP contribution in [-0.2, 0) is 19.0 Å². The number of hydrogen-bond acceptors (Lipinski definition) is 6. The fraction of sp³-hybridized carbons (Fsp3) is 0.500. The molecule has 0 unspecified atom stereocenters. The Morgan fingerprint density at radius 2 is 1.47 bits per heavy atom. The van der Waals surface area contributed by atoms with E-state index in [0.29, 0.717) is 5.70 Å². The van der Waals surface area contributed by atoms with Gasteiger partial charge in [-0.15, -0.1) is 0 Å². The smallest absolute Gasteiger partial charge is 0.434 e. The van der Waals surface area contributed by atoms with E-state index in [1.807, 2.05) is 30.3 Å². The minimum atomic E-state index is -1.06. The van der Waals surface area contributed by atoms with Crippen LogP contribution in [0.3, 0.4) is 0 Å². The summed E-state index contributed by atoms with van der Waals surface area (Å²) >= 11 is 0. The summed E-state index contributed by atoms with van der Waals surface area (Å²) < 4.78 is 15.8. The Balaban J connectivity index is 2.55. The minimum absolute atomic E-state index is 0.0695. The largest absolute Gasteiger partial charge is 0.467 e. The molecule has 2 amide bonds. The normalized spacial score (nSPS) is 18.4. The molecule has 8 nitrogen and oxygen atoms in total. The van der Waals surface area contributed by atoms with E-state index >= 15 is 0 Å². The molecule has 1 fully saturated rings. The highest BCUT2D eigenvalue weighted by Crippen LogP contribution is 2.33. The third kappa shape index (κ3) is 5.98. The maximum Gasteiger partial charge on any atom is 0.434 e.